The predicted molar refractivity (Wildman–Crippen MR) is 348 cm³/mol. The van der Waals surface area contributed by atoms with Crippen LogP contribution >= 0.6 is 7.82 Å². The summed E-state index contributed by atoms with van der Waals surface area (Å²) in [4.78, 5) is 35.7. The van der Waals surface area contributed by atoms with E-state index in [1.165, 1.54) is 77.0 Å². The summed E-state index contributed by atoms with van der Waals surface area (Å²) in [5.41, 5.74) is 0. The largest absolute Gasteiger partial charge is 0.472 e. The highest BCUT2D eigenvalue weighted by molar-refractivity contribution is 7.47. The Balaban J connectivity index is 4.15. The molecule has 0 saturated heterocycles. The number of unbranched alkanes of at least 4 members (excludes halogenated alkanes) is 19. The molecule has 2 atom stereocenters. The molecule has 1 N–H and O–H groups in total. The molecule has 460 valence electrons. The molecule has 2 unspecified atom stereocenters. The summed E-state index contributed by atoms with van der Waals surface area (Å²) in [6.07, 6.45) is 89.2. The fraction of sp³-hybridized carbons (Fsp3) is 0.634. The van der Waals surface area contributed by atoms with Crippen LogP contribution in [-0.2, 0) is 32.7 Å². The van der Waals surface area contributed by atoms with Crippen molar-refractivity contribution in [1.29, 1.82) is 0 Å². The van der Waals surface area contributed by atoms with Gasteiger partial charge in [-0.25, -0.2) is 4.57 Å². The van der Waals surface area contributed by atoms with E-state index in [1.54, 1.807) is 0 Å². The van der Waals surface area contributed by atoms with Crippen LogP contribution in [0.3, 0.4) is 0 Å². The number of ether oxygens (including phenoxy) is 2. The Morgan fingerprint density at radius 1 is 0.395 bits per heavy atom. The van der Waals surface area contributed by atoms with E-state index in [4.69, 9.17) is 18.5 Å². The van der Waals surface area contributed by atoms with E-state index < -0.39 is 26.5 Å². The summed E-state index contributed by atoms with van der Waals surface area (Å²) < 4.78 is 34.6. The van der Waals surface area contributed by atoms with E-state index in [1.807, 2.05) is 21.1 Å². The van der Waals surface area contributed by atoms with Crippen LogP contribution in [0, 0.1) is 0 Å². The number of phosphoric ester groups is 1. The van der Waals surface area contributed by atoms with Crippen molar-refractivity contribution in [3.8, 4) is 0 Å². The SMILES string of the molecule is CC/C=C\C/C=C\C/C=C\C/C=C\C/C=C\C/C=C\C/C=C\C/C=C\C/C=C\C/C=C\CCCCCCCCCCC(=O)OC(COC(=O)CCCCCCCCC/C=C\C/C=C\CCCCCC)COP(=O)(O)OCC[N+](C)(C)C. The molecule has 0 saturated carbocycles. The monoisotopic (exact) mass is 1140 g/mol. The number of carbonyl (C=O) groups excluding carboxylic acids is 2. The Morgan fingerprint density at radius 3 is 1.05 bits per heavy atom. The average molecular weight is 1150 g/mol. The molecule has 0 heterocycles. The van der Waals surface area contributed by atoms with Gasteiger partial charge in [-0.1, -0.05) is 250 Å². The second-order valence-corrected chi connectivity index (χ2v) is 23.5. The fourth-order valence-corrected chi connectivity index (χ4v) is 8.93. The first-order chi connectivity index (χ1) is 39.5. The first kappa shape index (κ1) is 76.9. The van der Waals surface area contributed by atoms with E-state index in [9.17, 15) is 19.0 Å². The van der Waals surface area contributed by atoms with Gasteiger partial charge in [0, 0.05) is 12.8 Å². The van der Waals surface area contributed by atoms with Gasteiger partial charge in [0.05, 0.1) is 27.7 Å². The molecule has 81 heavy (non-hydrogen) atoms. The molecule has 0 aromatic heterocycles. The lowest BCUT2D eigenvalue weighted by molar-refractivity contribution is -0.870. The van der Waals surface area contributed by atoms with E-state index in [2.05, 4.69) is 160 Å². The van der Waals surface area contributed by atoms with Gasteiger partial charge in [-0.05, 0) is 122 Å². The Kier molecular flexibility index (Phi) is 57.4. The van der Waals surface area contributed by atoms with Gasteiger partial charge in [-0.3, -0.25) is 18.6 Å². The molecule has 0 aromatic rings. The molecule has 0 aliphatic rings. The van der Waals surface area contributed by atoms with E-state index >= 15 is 0 Å². The Hall–Kier alpha value is -4.11. The molecule has 0 aromatic carbocycles. The van der Waals surface area contributed by atoms with Crippen LogP contribution in [0.4, 0.5) is 0 Å². The topological polar surface area (TPSA) is 108 Å². The minimum absolute atomic E-state index is 0.0214. The molecule has 9 nitrogen and oxygen atoms in total. The van der Waals surface area contributed by atoms with Crippen molar-refractivity contribution < 1.29 is 42.1 Å². The normalized spacial score (nSPS) is 14.2. The second-order valence-electron chi connectivity index (χ2n) is 22.1. The Bertz CT molecular complexity index is 1880. The van der Waals surface area contributed by atoms with Gasteiger partial charge in [-0.2, -0.15) is 0 Å². The van der Waals surface area contributed by atoms with Crippen molar-refractivity contribution >= 4 is 19.8 Å². The lowest BCUT2D eigenvalue weighted by Gasteiger charge is -2.24. The van der Waals surface area contributed by atoms with Crippen LogP contribution in [-0.4, -0.2) is 74.9 Å². The quantitative estimate of drug-likeness (QED) is 0.0211. The number of nitrogens with zero attached hydrogens (tertiary/aromatic N) is 1. The van der Waals surface area contributed by atoms with Crippen molar-refractivity contribution in [2.45, 2.75) is 245 Å². The molecule has 10 heteroatoms. The average Bonchev–Trinajstić information content (AvgIpc) is 3.43. The highest BCUT2D eigenvalue weighted by Gasteiger charge is 2.27. The Morgan fingerprint density at radius 2 is 0.704 bits per heavy atom. The number of hydrogen-bond acceptors (Lipinski definition) is 7. The van der Waals surface area contributed by atoms with Crippen molar-refractivity contribution in [2.75, 3.05) is 47.5 Å². The molecule has 0 fully saturated rings. The molecular weight excluding hydrogens is 1030 g/mol. The third-order valence-electron chi connectivity index (χ3n) is 13.1. The van der Waals surface area contributed by atoms with Crippen molar-refractivity contribution in [1.82, 2.24) is 0 Å². The smallest absolute Gasteiger partial charge is 0.462 e. The lowest BCUT2D eigenvalue weighted by Crippen LogP contribution is -2.37. The standard InChI is InChI=1S/C71H118NO8P/c1-6-8-10-12-14-16-18-20-22-24-26-27-28-29-30-31-32-33-34-35-36-37-38-39-40-41-42-43-44-45-46-48-50-52-54-56-58-60-62-64-71(74)80-69(68-79-81(75,76)78-66-65-72(3,4)5)67-77-70(73)63-61-59-57-55-53-51-49-47-25-23-21-19-17-15-13-11-9-7-2/h8,10,14,16-17,19-20,22-23,25-27,29-30,32-33,35-36,38-39,41-42,44-45,69H,6-7,9,11-13,15,18,21,24,28,31,34,37,40,43,46-68H2,1-5H3/p+1/b10-8-,16-14-,19-17-,22-20-,25-23-,27-26-,30-29-,33-32-,36-35-,39-38-,42-41-,45-44-. The summed E-state index contributed by atoms with van der Waals surface area (Å²) in [6.45, 7) is 4.27. The minimum Gasteiger partial charge on any atom is -0.462 e. The maximum atomic E-state index is 12.8. The van der Waals surface area contributed by atoms with Crippen LogP contribution in [0.15, 0.2) is 146 Å². The zero-order valence-corrected chi connectivity index (χ0v) is 53.1. The maximum absolute atomic E-state index is 12.8. The first-order valence-electron chi connectivity index (χ1n) is 32.1. The fourth-order valence-electron chi connectivity index (χ4n) is 8.19. The highest BCUT2D eigenvalue weighted by Crippen LogP contribution is 2.43. The summed E-state index contributed by atoms with van der Waals surface area (Å²) in [6, 6.07) is 0. The number of likely N-dealkylation sites (N-methyl/N-ethyl adjacent to an activating group) is 1. The zero-order valence-electron chi connectivity index (χ0n) is 52.2. The molecule has 0 aliphatic heterocycles. The van der Waals surface area contributed by atoms with Gasteiger partial charge in [0.1, 0.15) is 19.8 Å². The van der Waals surface area contributed by atoms with Crippen molar-refractivity contribution in [3.05, 3.63) is 146 Å². The van der Waals surface area contributed by atoms with Crippen LogP contribution < -0.4 is 0 Å². The summed E-state index contributed by atoms with van der Waals surface area (Å²) >= 11 is 0. The van der Waals surface area contributed by atoms with Gasteiger partial charge in [0.15, 0.2) is 6.10 Å². The number of phosphoric acid groups is 1. The van der Waals surface area contributed by atoms with Gasteiger partial charge in [-0.15, -0.1) is 0 Å². The van der Waals surface area contributed by atoms with Gasteiger partial charge >= 0.3 is 19.8 Å². The highest BCUT2D eigenvalue weighted by atomic mass is 31.2. The summed E-state index contributed by atoms with van der Waals surface area (Å²) in [5.74, 6) is -0.823. The number of esters is 2. The first-order valence-corrected chi connectivity index (χ1v) is 33.6. The maximum Gasteiger partial charge on any atom is 0.472 e. The van der Waals surface area contributed by atoms with Gasteiger partial charge < -0.3 is 18.9 Å². The minimum atomic E-state index is -4.40. The molecule has 0 rings (SSSR count). The lowest BCUT2D eigenvalue weighted by atomic mass is 10.1. The zero-order chi connectivity index (χ0) is 59.1. The molecule has 0 bridgehead atoms. The van der Waals surface area contributed by atoms with E-state index in [0.717, 1.165) is 128 Å². The molecule has 0 amide bonds. The third kappa shape index (κ3) is 64.9. The molecule has 0 spiro atoms. The predicted octanol–water partition coefficient (Wildman–Crippen LogP) is 20.6. The molecular formula is C71H119NO8P+. The number of hydrogen-bond donors (Lipinski definition) is 1. The van der Waals surface area contributed by atoms with Gasteiger partial charge in [0.2, 0.25) is 0 Å². The molecule has 0 aliphatic carbocycles. The van der Waals surface area contributed by atoms with Crippen LogP contribution in [0.2, 0.25) is 0 Å². The van der Waals surface area contributed by atoms with Crippen LogP contribution in [0.5, 0.6) is 0 Å². The van der Waals surface area contributed by atoms with Crippen molar-refractivity contribution in [2.24, 2.45) is 0 Å². The third-order valence-corrected chi connectivity index (χ3v) is 14.1. The number of quaternary nitrogens is 1. The van der Waals surface area contributed by atoms with E-state index in [0.29, 0.717) is 17.4 Å². The second kappa shape index (κ2) is 60.5. The van der Waals surface area contributed by atoms with Crippen LogP contribution in [0.1, 0.15) is 239 Å². The van der Waals surface area contributed by atoms with E-state index in [-0.39, 0.29) is 32.0 Å². The molecule has 0 radical (unpaired) electrons. The summed E-state index contributed by atoms with van der Waals surface area (Å²) in [5, 5.41) is 0. The number of allylic oxidation sites excluding steroid dienone is 24. The van der Waals surface area contributed by atoms with Crippen molar-refractivity contribution in [3.63, 3.8) is 0 Å². The van der Waals surface area contributed by atoms with Gasteiger partial charge in [0.25, 0.3) is 0 Å². The number of carbonyl (C=O) groups is 2. The summed E-state index contributed by atoms with van der Waals surface area (Å²) in [7, 11) is 1.45. The Labute approximate surface area is 497 Å². The van der Waals surface area contributed by atoms with Crippen LogP contribution in [0.25, 0.3) is 0 Å². The number of rotatable bonds is 57.